The lowest BCUT2D eigenvalue weighted by Crippen LogP contribution is -2.42. The number of Topliss-reactive ketones (excluding diaryl/α,β-unsaturated/α-hetero) is 1. The molecule has 0 radical (unpaired) electrons. The summed E-state index contributed by atoms with van der Waals surface area (Å²) < 4.78 is 0. The van der Waals surface area contributed by atoms with Crippen molar-refractivity contribution < 1.29 is 4.79 Å². The Balaban J connectivity index is 2.46. The Morgan fingerprint density at radius 1 is 1.19 bits per heavy atom. The van der Waals surface area contributed by atoms with Crippen molar-refractivity contribution in [1.82, 2.24) is 0 Å². The minimum absolute atomic E-state index is 0.0838. The molecule has 0 aromatic rings. The molecule has 2 aliphatic rings. The van der Waals surface area contributed by atoms with E-state index < -0.39 is 0 Å². The van der Waals surface area contributed by atoms with E-state index in [-0.39, 0.29) is 10.8 Å². The van der Waals surface area contributed by atoms with Gasteiger partial charge >= 0.3 is 0 Å². The van der Waals surface area contributed by atoms with Crippen LogP contribution in [0.4, 0.5) is 0 Å². The maximum atomic E-state index is 12.3. The van der Waals surface area contributed by atoms with Crippen molar-refractivity contribution in [3.05, 3.63) is 11.6 Å². The van der Waals surface area contributed by atoms with E-state index in [1.54, 1.807) is 0 Å². The number of hydrogen-bond donors (Lipinski definition) is 0. The standard InChI is InChI=1S/C15H24O/c1-11-7-9-15(4)12(10-11)14(2,3)8-5-6-13(15)16/h10,12H,5-9H2,1-4H3/t12-,15-/m1/s1. The van der Waals surface area contributed by atoms with Crippen LogP contribution in [0.25, 0.3) is 0 Å². The first-order valence-electron chi connectivity index (χ1n) is 6.57. The van der Waals surface area contributed by atoms with Gasteiger partial charge in [-0.3, -0.25) is 4.79 Å². The number of hydrogen-bond acceptors (Lipinski definition) is 1. The van der Waals surface area contributed by atoms with Crippen LogP contribution in [0.5, 0.6) is 0 Å². The summed E-state index contributed by atoms with van der Waals surface area (Å²) in [5.74, 6) is 0.954. The lowest BCUT2D eigenvalue weighted by molar-refractivity contribution is -0.131. The third kappa shape index (κ3) is 1.74. The number of allylic oxidation sites excluding steroid dienone is 2. The lowest BCUT2D eigenvalue weighted by Gasteiger charge is -2.45. The van der Waals surface area contributed by atoms with Crippen LogP contribution in [0, 0.1) is 16.7 Å². The van der Waals surface area contributed by atoms with Crippen LogP contribution in [-0.4, -0.2) is 5.78 Å². The SMILES string of the molecule is CC1=C[C@@H]2C(C)(C)CCCC(=O)[C@]2(C)CC1. The van der Waals surface area contributed by atoms with Gasteiger partial charge in [0.1, 0.15) is 5.78 Å². The maximum absolute atomic E-state index is 12.3. The Kier molecular flexibility index (Phi) is 2.76. The van der Waals surface area contributed by atoms with Crippen LogP contribution >= 0.6 is 0 Å². The van der Waals surface area contributed by atoms with Gasteiger partial charge in [-0.05, 0) is 43.9 Å². The Labute approximate surface area is 99.3 Å². The highest BCUT2D eigenvalue weighted by molar-refractivity contribution is 5.85. The zero-order valence-electron chi connectivity index (χ0n) is 11.1. The molecule has 0 heterocycles. The molecule has 0 bridgehead atoms. The molecule has 1 heteroatoms. The minimum Gasteiger partial charge on any atom is -0.299 e. The number of carbonyl (C=O) groups excluding carboxylic acids is 1. The summed E-state index contributed by atoms with van der Waals surface area (Å²) in [5.41, 5.74) is 1.67. The molecule has 1 fully saturated rings. The number of fused-ring (bicyclic) bond motifs is 1. The zero-order chi connectivity index (χ0) is 12.0. The summed E-state index contributed by atoms with van der Waals surface area (Å²) in [6.07, 6.45) is 7.61. The average Bonchev–Trinajstić information content (AvgIpc) is 2.28. The largest absolute Gasteiger partial charge is 0.299 e. The molecule has 0 aliphatic heterocycles. The van der Waals surface area contributed by atoms with Gasteiger partial charge in [-0.2, -0.15) is 0 Å². The fourth-order valence-corrected chi connectivity index (χ4v) is 3.71. The zero-order valence-corrected chi connectivity index (χ0v) is 11.1. The van der Waals surface area contributed by atoms with Gasteiger partial charge in [0.15, 0.2) is 0 Å². The van der Waals surface area contributed by atoms with Crippen molar-refractivity contribution in [3.63, 3.8) is 0 Å². The highest BCUT2D eigenvalue weighted by Gasteiger charge is 2.49. The van der Waals surface area contributed by atoms with Crippen LogP contribution < -0.4 is 0 Å². The molecule has 0 unspecified atom stereocenters. The van der Waals surface area contributed by atoms with Gasteiger partial charge in [-0.15, -0.1) is 0 Å². The minimum atomic E-state index is -0.0838. The van der Waals surface area contributed by atoms with Gasteiger partial charge < -0.3 is 0 Å². The summed E-state index contributed by atoms with van der Waals surface area (Å²) in [4.78, 5) is 12.3. The molecule has 16 heavy (non-hydrogen) atoms. The molecule has 90 valence electrons. The second kappa shape index (κ2) is 3.72. The second-order valence-electron chi connectivity index (χ2n) is 6.67. The topological polar surface area (TPSA) is 17.1 Å². The van der Waals surface area contributed by atoms with Gasteiger partial charge in [-0.25, -0.2) is 0 Å². The molecule has 1 nitrogen and oxygen atoms in total. The fraction of sp³-hybridized carbons (Fsp3) is 0.800. The van der Waals surface area contributed by atoms with E-state index in [0.29, 0.717) is 11.7 Å². The van der Waals surface area contributed by atoms with Crippen molar-refractivity contribution in [3.8, 4) is 0 Å². The summed E-state index contributed by atoms with van der Waals surface area (Å²) in [6, 6.07) is 0. The van der Waals surface area contributed by atoms with Crippen LogP contribution in [-0.2, 0) is 4.79 Å². The smallest absolute Gasteiger partial charge is 0.139 e. The fourth-order valence-electron chi connectivity index (χ4n) is 3.71. The second-order valence-corrected chi connectivity index (χ2v) is 6.67. The van der Waals surface area contributed by atoms with Gasteiger partial charge in [0.2, 0.25) is 0 Å². The molecule has 0 aromatic heterocycles. The average molecular weight is 220 g/mol. The molecule has 0 spiro atoms. The van der Waals surface area contributed by atoms with Crippen LogP contribution in [0.3, 0.4) is 0 Å². The molecule has 2 aliphatic carbocycles. The van der Waals surface area contributed by atoms with Crippen molar-refractivity contribution >= 4 is 5.78 Å². The molecule has 1 saturated carbocycles. The predicted molar refractivity (Wildman–Crippen MR) is 67.2 cm³/mol. The molecular formula is C15H24O. The Morgan fingerprint density at radius 2 is 1.88 bits per heavy atom. The quantitative estimate of drug-likeness (QED) is 0.561. The highest BCUT2D eigenvalue weighted by Crippen LogP contribution is 2.53. The summed E-state index contributed by atoms with van der Waals surface area (Å²) in [7, 11) is 0. The van der Waals surface area contributed by atoms with E-state index in [9.17, 15) is 4.79 Å². The highest BCUT2D eigenvalue weighted by atomic mass is 16.1. The Hall–Kier alpha value is -0.590. The van der Waals surface area contributed by atoms with E-state index in [0.717, 1.165) is 25.7 Å². The first-order valence-corrected chi connectivity index (χ1v) is 6.57. The van der Waals surface area contributed by atoms with Gasteiger partial charge in [-0.1, -0.05) is 32.4 Å². The van der Waals surface area contributed by atoms with Crippen molar-refractivity contribution in [2.75, 3.05) is 0 Å². The number of ketones is 1. The van der Waals surface area contributed by atoms with Gasteiger partial charge in [0.05, 0.1) is 0 Å². The maximum Gasteiger partial charge on any atom is 0.139 e. The van der Waals surface area contributed by atoms with Crippen molar-refractivity contribution in [1.29, 1.82) is 0 Å². The van der Waals surface area contributed by atoms with E-state index >= 15 is 0 Å². The van der Waals surface area contributed by atoms with Gasteiger partial charge in [0, 0.05) is 11.8 Å². The Bertz CT molecular complexity index is 337. The first kappa shape index (κ1) is 11.9. The lowest BCUT2D eigenvalue weighted by atomic mass is 9.58. The summed E-state index contributed by atoms with van der Waals surface area (Å²) >= 11 is 0. The van der Waals surface area contributed by atoms with E-state index in [1.165, 1.54) is 12.0 Å². The third-order valence-corrected chi connectivity index (χ3v) is 4.88. The molecule has 0 amide bonds. The summed E-state index contributed by atoms with van der Waals surface area (Å²) in [6.45, 7) is 9.09. The predicted octanol–water partition coefficient (Wildman–Crippen LogP) is 4.13. The summed E-state index contributed by atoms with van der Waals surface area (Å²) in [5, 5.41) is 0. The third-order valence-electron chi connectivity index (χ3n) is 4.88. The van der Waals surface area contributed by atoms with E-state index in [4.69, 9.17) is 0 Å². The molecule has 0 saturated heterocycles. The van der Waals surface area contributed by atoms with Gasteiger partial charge in [0.25, 0.3) is 0 Å². The number of carbonyl (C=O) groups is 1. The van der Waals surface area contributed by atoms with Crippen molar-refractivity contribution in [2.24, 2.45) is 16.7 Å². The molecule has 0 aromatic carbocycles. The van der Waals surface area contributed by atoms with Crippen molar-refractivity contribution in [2.45, 2.75) is 59.8 Å². The van der Waals surface area contributed by atoms with E-state index in [1.807, 2.05) is 0 Å². The Morgan fingerprint density at radius 3 is 2.56 bits per heavy atom. The van der Waals surface area contributed by atoms with Crippen LogP contribution in [0.2, 0.25) is 0 Å². The normalized spacial score (nSPS) is 38.6. The molecule has 0 N–H and O–H groups in total. The van der Waals surface area contributed by atoms with E-state index in [2.05, 4.69) is 33.8 Å². The molecule has 2 rings (SSSR count). The van der Waals surface area contributed by atoms with Crippen LogP contribution in [0.1, 0.15) is 59.8 Å². The molecular weight excluding hydrogens is 196 g/mol. The molecule has 2 atom stereocenters. The van der Waals surface area contributed by atoms with Crippen LogP contribution in [0.15, 0.2) is 11.6 Å². The number of rotatable bonds is 0. The monoisotopic (exact) mass is 220 g/mol. The first-order chi connectivity index (χ1) is 7.36.